The average molecular weight is 547 g/mol. The number of carbonyl (C=O) groups excluding carboxylic acids is 1. The van der Waals surface area contributed by atoms with Gasteiger partial charge in [0.05, 0.1) is 52.6 Å². The van der Waals surface area contributed by atoms with Crippen LogP contribution < -0.4 is 14.8 Å². The number of hydrogen-bond donors (Lipinski definition) is 1. The van der Waals surface area contributed by atoms with Crippen LogP contribution in [0.3, 0.4) is 0 Å². The first-order chi connectivity index (χ1) is 18.7. The van der Waals surface area contributed by atoms with Crippen LogP contribution in [0.1, 0.15) is 23.9 Å². The number of amides is 1. The number of nitrogens with one attached hydrogen (secondary N) is 1. The van der Waals surface area contributed by atoms with Gasteiger partial charge < -0.3 is 14.2 Å². The Balaban J connectivity index is 1.28. The number of fused-ring (bicyclic) bond motifs is 4. The molecule has 5 aromatic rings. The Morgan fingerprint density at radius 3 is 2.69 bits per heavy atom. The van der Waals surface area contributed by atoms with E-state index in [1.807, 2.05) is 19.1 Å². The van der Waals surface area contributed by atoms with Crippen molar-refractivity contribution in [1.82, 2.24) is 24.9 Å². The number of rotatable bonds is 5. The van der Waals surface area contributed by atoms with Gasteiger partial charge in [0.1, 0.15) is 23.0 Å². The van der Waals surface area contributed by atoms with Crippen molar-refractivity contribution in [3.8, 4) is 22.2 Å². The lowest BCUT2D eigenvalue weighted by Gasteiger charge is -2.23. The third kappa shape index (κ3) is 4.67. The van der Waals surface area contributed by atoms with Crippen molar-refractivity contribution in [2.75, 3.05) is 19.0 Å². The van der Waals surface area contributed by atoms with Crippen LogP contribution in [0, 0.1) is 19.7 Å². The highest BCUT2D eigenvalue weighted by molar-refractivity contribution is 7.22. The maximum atomic E-state index is 15.2. The van der Waals surface area contributed by atoms with Crippen LogP contribution >= 0.6 is 11.3 Å². The van der Waals surface area contributed by atoms with Gasteiger partial charge in [0.25, 0.3) is 0 Å². The minimum absolute atomic E-state index is 0.0905. The highest BCUT2D eigenvalue weighted by atomic mass is 32.1. The number of hydrogen-bond acceptors (Lipinski definition) is 10. The number of aryl methyl sites for hydroxylation is 2. The van der Waals surface area contributed by atoms with Crippen molar-refractivity contribution in [2.45, 2.75) is 32.8 Å². The van der Waals surface area contributed by atoms with Gasteiger partial charge in [-0.15, -0.1) is 11.3 Å². The maximum Gasteiger partial charge on any atom is 0.411 e. The van der Waals surface area contributed by atoms with E-state index in [0.717, 1.165) is 15.8 Å². The van der Waals surface area contributed by atoms with Gasteiger partial charge in [-0.05, 0) is 38.5 Å². The van der Waals surface area contributed by atoms with Crippen LogP contribution in [0.5, 0.6) is 11.6 Å². The van der Waals surface area contributed by atoms with Gasteiger partial charge in [-0.2, -0.15) is 0 Å². The third-order valence-electron chi connectivity index (χ3n) is 6.33. The topological polar surface area (TPSA) is 121 Å². The molecule has 0 bridgehead atoms. The zero-order chi connectivity index (χ0) is 27.3. The van der Waals surface area contributed by atoms with E-state index in [-0.39, 0.29) is 12.4 Å². The molecule has 1 aliphatic rings. The van der Waals surface area contributed by atoms with Gasteiger partial charge in [0, 0.05) is 23.6 Å². The van der Waals surface area contributed by atoms with Crippen LogP contribution in [0.25, 0.3) is 31.8 Å². The predicted octanol–water partition coefficient (Wildman–Crippen LogP) is 5.40. The van der Waals surface area contributed by atoms with Gasteiger partial charge in [-0.3, -0.25) is 5.32 Å². The molecule has 1 amide bonds. The SMILES string of the molecule is COc1cnc2c(-c3nc4cc(F)c5c(c4s3)C[C@](C)(COC(=O)Nc3cnc(C)nc3)O5)cc(C)cc2n1. The summed E-state index contributed by atoms with van der Waals surface area (Å²) in [5.74, 6) is 0.636. The number of thiazole rings is 1. The Hall–Kier alpha value is -4.45. The Morgan fingerprint density at radius 1 is 1.13 bits per heavy atom. The Bertz CT molecular complexity index is 1760. The summed E-state index contributed by atoms with van der Waals surface area (Å²) in [6.07, 6.45) is 4.19. The molecule has 0 spiro atoms. The number of aromatic nitrogens is 5. The molecular weight excluding hydrogens is 523 g/mol. The van der Waals surface area contributed by atoms with E-state index in [1.165, 1.54) is 29.8 Å². The molecule has 1 atom stereocenters. The van der Waals surface area contributed by atoms with E-state index in [2.05, 4.69) is 25.3 Å². The monoisotopic (exact) mass is 546 g/mol. The summed E-state index contributed by atoms with van der Waals surface area (Å²) in [5, 5.41) is 3.27. The van der Waals surface area contributed by atoms with Crippen LogP contribution in [0.4, 0.5) is 14.9 Å². The Labute approximate surface area is 226 Å². The summed E-state index contributed by atoms with van der Waals surface area (Å²) in [6, 6.07) is 5.29. The third-order valence-corrected chi connectivity index (χ3v) is 7.49. The molecule has 1 N–H and O–H groups in total. The number of anilines is 1. The number of halogens is 1. The van der Waals surface area contributed by atoms with E-state index in [4.69, 9.17) is 19.2 Å². The second kappa shape index (κ2) is 9.38. The summed E-state index contributed by atoms with van der Waals surface area (Å²) in [7, 11) is 1.54. The molecule has 0 saturated heterocycles. The first-order valence-corrected chi connectivity index (χ1v) is 12.9. The molecule has 39 heavy (non-hydrogen) atoms. The van der Waals surface area contributed by atoms with E-state index in [9.17, 15) is 4.79 Å². The van der Waals surface area contributed by atoms with Gasteiger partial charge in [-0.25, -0.2) is 34.1 Å². The van der Waals surface area contributed by atoms with Crippen molar-refractivity contribution < 1.29 is 23.4 Å². The summed E-state index contributed by atoms with van der Waals surface area (Å²) >= 11 is 1.44. The molecule has 10 nitrogen and oxygen atoms in total. The van der Waals surface area contributed by atoms with Crippen molar-refractivity contribution in [3.05, 3.63) is 59.6 Å². The number of benzene rings is 2. The smallest absolute Gasteiger partial charge is 0.411 e. The predicted molar refractivity (Wildman–Crippen MR) is 144 cm³/mol. The number of nitrogens with zero attached hydrogens (tertiary/aromatic N) is 5. The standard InChI is InChI=1S/C27H23FN6O4S/c1-13-5-16(22-19(6-13)33-21(36-4)11-31-22)25-34-20-7-18(28)23-17(24(20)39-25)8-27(3,38-23)12-37-26(35)32-15-9-29-14(2)30-10-15/h5-7,9-11H,8,12H2,1-4H3,(H,32,35)/t27-/m1/s1. The fraction of sp³-hybridized carbons (Fsp3) is 0.259. The van der Waals surface area contributed by atoms with E-state index in [0.29, 0.717) is 50.9 Å². The molecule has 0 radical (unpaired) electrons. The van der Waals surface area contributed by atoms with Crippen LogP contribution in [0.2, 0.25) is 0 Å². The van der Waals surface area contributed by atoms with Gasteiger partial charge in [0.15, 0.2) is 11.6 Å². The molecule has 0 fully saturated rings. The first kappa shape index (κ1) is 24.9. The summed E-state index contributed by atoms with van der Waals surface area (Å²) in [4.78, 5) is 34.2. The molecule has 0 saturated carbocycles. The lowest BCUT2D eigenvalue weighted by atomic mass is 10.00. The Morgan fingerprint density at radius 2 is 1.92 bits per heavy atom. The molecule has 3 aromatic heterocycles. The second-order valence-electron chi connectivity index (χ2n) is 9.57. The largest absolute Gasteiger partial charge is 0.480 e. The van der Waals surface area contributed by atoms with Crippen LogP contribution in [-0.4, -0.2) is 50.3 Å². The lowest BCUT2D eigenvalue weighted by molar-refractivity contribution is 0.0315. The maximum absolute atomic E-state index is 15.2. The van der Waals surface area contributed by atoms with Crippen LogP contribution in [0.15, 0.2) is 36.8 Å². The highest BCUT2D eigenvalue weighted by Gasteiger charge is 2.40. The summed E-state index contributed by atoms with van der Waals surface area (Å²) in [6.45, 7) is 5.40. The number of methoxy groups -OCH3 is 1. The molecule has 0 unspecified atom stereocenters. The Kier molecular flexibility index (Phi) is 5.98. The average Bonchev–Trinajstić information content (AvgIpc) is 3.50. The van der Waals surface area contributed by atoms with Crippen molar-refractivity contribution in [1.29, 1.82) is 0 Å². The normalized spacial score (nSPS) is 16.2. The van der Waals surface area contributed by atoms with Gasteiger partial charge in [-0.1, -0.05) is 0 Å². The molecule has 198 valence electrons. The zero-order valence-electron chi connectivity index (χ0n) is 21.5. The summed E-state index contributed by atoms with van der Waals surface area (Å²) in [5.41, 5.74) is 3.81. The minimum atomic E-state index is -0.958. The molecule has 6 rings (SSSR count). The highest BCUT2D eigenvalue weighted by Crippen LogP contribution is 2.45. The van der Waals surface area contributed by atoms with Crippen molar-refractivity contribution in [3.63, 3.8) is 0 Å². The van der Waals surface area contributed by atoms with E-state index < -0.39 is 17.5 Å². The molecular formula is C27H23FN6O4S. The van der Waals surface area contributed by atoms with E-state index >= 15 is 4.39 Å². The van der Waals surface area contributed by atoms with Gasteiger partial charge in [0.2, 0.25) is 5.88 Å². The van der Waals surface area contributed by atoms with Crippen molar-refractivity contribution >= 4 is 44.4 Å². The molecule has 1 aliphatic heterocycles. The minimum Gasteiger partial charge on any atom is -0.480 e. The number of ether oxygens (including phenoxy) is 3. The zero-order valence-corrected chi connectivity index (χ0v) is 22.4. The van der Waals surface area contributed by atoms with E-state index in [1.54, 1.807) is 27.2 Å². The quantitative estimate of drug-likeness (QED) is 0.309. The summed E-state index contributed by atoms with van der Waals surface area (Å²) < 4.78 is 32.6. The fourth-order valence-electron chi connectivity index (χ4n) is 4.54. The fourth-order valence-corrected chi connectivity index (χ4v) is 5.64. The molecule has 4 heterocycles. The van der Waals surface area contributed by atoms with Crippen LogP contribution in [-0.2, 0) is 11.2 Å². The molecule has 2 aromatic carbocycles. The number of carbonyl (C=O) groups is 1. The van der Waals surface area contributed by atoms with Gasteiger partial charge >= 0.3 is 6.09 Å². The van der Waals surface area contributed by atoms with Crippen molar-refractivity contribution in [2.24, 2.45) is 0 Å². The second-order valence-corrected chi connectivity index (χ2v) is 10.6. The molecule has 12 heteroatoms. The molecule has 0 aliphatic carbocycles. The lowest BCUT2D eigenvalue weighted by Crippen LogP contribution is -2.37. The first-order valence-electron chi connectivity index (χ1n) is 12.1.